The molecular weight excluding hydrogens is 316 g/mol. The van der Waals surface area contributed by atoms with Gasteiger partial charge in [0, 0.05) is 52.0 Å². The molecule has 136 valence electrons. The van der Waals surface area contributed by atoms with Crippen molar-refractivity contribution in [3.05, 3.63) is 30.1 Å². The molecular formula is C19H28N4O2. The maximum absolute atomic E-state index is 13.0. The second-order valence-corrected chi connectivity index (χ2v) is 7.18. The van der Waals surface area contributed by atoms with Gasteiger partial charge in [-0.25, -0.2) is 0 Å². The van der Waals surface area contributed by atoms with E-state index in [9.17, 15) is 9.59 Å². The largest absolute Gasteiger partial charge is 0.344 e. The number of piperazine rings is 1. The lowest BCUT2D eigenvalue weighted by molar-refractivity contribution is -0.139. The van der Waals surface area contributed by atoms with Crippen molar-refractivity contribution < 1.29 is 9.59 Å². The van der Waals surface area contributed by atoms with Crippen LogP contribution in [0.5, 0.6) is 0 Å². The lowest BCUT2D eigenvalue weighted by atomic mass is 9.96. The van der Waals surface area contributed by atoms with Crippen molar-refractivity contribution in [1.29, 1.82) is 0 Å². The Hall–Kier alpha value is -1.95. The van der Waals surface area contributed by atoms with E-state index >= 15 is 0 Å². The van der Waals surface area contributed by atoms with Crippen molar-refractivity contribution in [2.75, 3.05) is 26.2 Å². The third kappa shape index (κ3) is 4.78. The van der Waals surface area contributed by atoms with Gasteiger partial charge in [0.1, 0.15) is 6.04 Å². The predicted molar refractivity (Wildman–Crippen MR) is 95.7 cm³/mol. The molecule has 0 aromatic carbocycles. The molecule has 3 rings (SSSR count). The van der Waals surface area contributed by atoms with Crippen LogP contribution in [-0.2, 0) is 16.1 Å². The van der Waals surface area contributed by atoms with Crippen LogP contribution in [0, 0.1) is 5.92 Å². The number of rotatable bonds is 5. The Kier molecular flexibility index (Phi) is 6.02. The number of carbonyl (C=O) groups is 2. The van der Waals surface area contributed by atoms with Crippen LogP contribution < -0.4 is 5.32 Å². The quantitative estimate of drug-likeness (QED) is 0.877. The van der Waals surface area contributed by atoms with E-state index in [0.717, 1.165) is 58.4 Å². The van der Waals surface area contributed by atoms with Crippen molar-refractivity contribution in [3.8, 4) is 0 Å². The molecule has 1 aromatic heterocycles. The summed E-state index contributed by atoms with van der Waals surface area (Å²) in [5.41, 5.74) is 1.25. The van der Waals surface area contributed by atoms with Gasteiger partial charge in [0.05, 0.1) is 0 Å². The van der Waals surface area contributed by atoms with E-state index in [4.69, 9.17) is 0 Å². The summed E-state index contributed by atoms with van der Waals surface area (Å²) < 4.78 is 0. The average Bonchev–Trinajstić information content (AvgIpc) is 3.15. The molecule has 1 saturated heterocycles. The van der Waals surface area contributed by atoms with Crippen LogP contribution in [0.15, 0.2) is 24.5 Å². The van der Waals surface area contributed by atoms with Crippen LogP contribution in [0.2, 0.25) is 0 Å². The summed E-state index contributed by atoms with van der Waals surface area (Å²) in [5, 5.41) is 2.92. The standard InChI is InChI=1S/C19H28N4O2/c1-15(24)21-18(17-4-2-3-5-17)19(25)23-12-10-22(11-13-23)14-16-6-8-20-9-7-16/h6-9,17-18H,2-5,10-14H2,1H3,(H,21,24). The van der Waals surface area contributed by atoms with Crippen LogP contribution in [0.1, 0.15) is 38.2 Å². The molecule has 6 nitrogen and oxygen atoms in total. The minimum atomic E-state index is -0.341. The van der Waals surface area contributed by atoms with E-state index in [1.54, 1.807) is 0 Å². The molecule has 1 N–H and O–H groups in total. The number of aromatic nitrogens is 1. The molecule has 6 heteroatoms. The zero-order valence-electron chi connectivity index (χ0n) is 15.0. The minimum Gasteiger partial charge on any atom is -0.344 e. The molecule has 1 unspecified atom stereocenters. The first kappa shape index (κ1) is 17.9. The maximum atomic E-state index is 13.0. The number of nitrogens with zero attached hydrogens (tertiary/aromatic N) is 3. The van der Waals surface area contributed by atoms with Crippen molar-refractivity contribution in [3.63, 3.8) is 0 Å². The minimum absolute atomic E-state index is 0.102. The number of amides is 2. The second-order valence-electron chi connectivity index (χ2n) is 7.18. The Labute approximate surface area is 149 Å². The maximum Gasteiger partial charge on any atom is 0.245 e. The Morgan fingerprint density at radius 1 is 1.16 bits per heavy atom. The van der Waals surface area contributed by atoms with Gasteiger partial charge in [-0.3, -0.25) is 19.5 Å². The summed E-state index contributed by atoms with van der Waals surface area (Å²) >= 11 is 0. The number of hydrogen-bond donors (Lipinski definition) is 1. The molecule has 1 aliphatic carbocycles. The first-order valence-corrected chi connectivity index (χ1v) is 9.30. The van der Waals surface area contributed by atoms with Crippen LogP contribution in [0.4, 0.5) is 0 Å². The van der Waals surface area contributed by atoms with Gasteiger partial charge in [-0.05, 0) is 36.5 Å². The highest BCUT2D eigenvalue weighted by molar-refractivity contribution is 5.87. The van der Waals surface area contributed by atoms with Crippen molar-refractivity contribution in [2.24, 2.45) is 5.92 Å². The zero-order chi connectivity index (χ0) is 17.6. The van der Waals surface area contributed by atoms with E-state index in [2.05, 4.69) is 15.2 Å². The van der Waals surface area contributed by atoms with Gasteiger partial charge in [-0.15, -0.1) is 0 Å². The summed E-state index contributed by atoms with van der Waals surface area (Å²) in [5.74, 6) is 0.290. The van der Waals surface area contributed by atoms with Crippen molar-refractivity contribution >= 4 is 11.8 Å². The van der Waals surface area contributed by atoms with E-state index in [0.29, 0.717) is 5.92 Å². The summed E-state index contributed by atoms with van der Waals surface area (Å²) in [4.78, 5) is 32.9. The highest BCUT2D eigenvalue weighted by atomic mass is 16.2. The highest BCUT2D eigenvalue weighted by Gasteiger charge is 2.35. The predicted octanol–water partition coefficient (Wildman–Crippen LogP) is 1.42. The second kappa shape index (κ2) is 8.43. The number of nitrogens with one attached hydrogen (secondary N) is 1. The summed E-state index contributed by atoms with van der Waals surface area (Å²) in [6, 6.07) is 3.72. The molecule has 2 amide bonds. The summed E-state index contributed by atoms with van der Waals surface area (Å²) in [6.07, 6.45) is 8.03. The summed E-state index contributed by atoms with van der Waals surface area (Å²) in [7, 11) is 0. The highest BCUT2D eigenvalue weighted by Crippen LogP contribution is 2.29. The number of carbonyl (C=O) groups excluding carboxylic acids is 2. The molecule has 1 saturated carbocycles. The van der Waals surface area contributed by atoms with Crippen LogP contribution in [-0.4, -0.2) is 58.8 Å². The molecule has 1 aromatic rings. The fraction of sp³-hybridized carbons (Fsp3) is 0.632. The monoisotopic (exact) mass is 344 g/mol. The van der Waals surface area contributed by atoms with E-state index in [1.807, 2.05) is 29.4 Å². The third-order valence-electron chi connectivity index (χ3n) is 5.34. The first-order valence-electron chi connectivity index (χ1n) is 9.30. The van der Waals surface area contributed by atoms with E-state index in [1.165, 1.54) is 12.5 Å². The summed E-state index contributed by atoms with van der Waals surface area (Å²) in [6.45, 7) is 5.58. The van der Waals surface area contributed by atoms with Crippen LogP contribution >= 0.6 is 0 Å². The fourth-order valence-electron chi connectivity index (χ4n) is 3.96. The van der Waals surface area contributed by atoms with Gasteiger partial charge >= 0.3 is 0 Å². The molecule has 2 heterocycles. The lowest BCUT2D eigenvalue weighted by Gasteiger charge is -2.37. The van der Waals surface area contributed by atoms with E-state index < -0.39 is 0 Å². The first-order chi connectivity index (χ1) is 12.1. The van der Waals surface area contributed by atoms with Gasteiger partial charge in [0.25, 0.3) is 0 Å². The van der Waals surface area contributed by atoms with Crippen LogP contribution in [0.3, 0.4) is 0 Å². The van der Waals surface area contributed by atoms with Crippen LogP contribution in [0.25, 0.3) is 0 Å². The molecule has 1 aliphatic heterocycles. The molecule has 1 atom stereocenters. The normalized spacial score (nSPS) is 20.4. The average molecular weight is 344 g/mol. The Morgan fingerprint density at radius 2 is 1.80 bits per heavy atom. The molecule has 0 bridgehead atoms. The van der Waals surface area contributed by atoms with Crippen molar-refractivity contribution in [2.45, 2.75) is 45.2 Å². The lowest BCUT2D eigenvalue weighted by Crippen LogP contribution is -2.56. The molecule has 0 spiro atoms. The third-order valence-corrected chi connectivity index (χ3v) is 5.34. The molecule has 0 radical (unpaired) electrons. The molecule has 25 heavy (non-hydrogen) atoms. The SMILES string of the molecule is CC(=O)NC(C(=O)N1CCN(Cc2ccncc2)CC1)C1CCCC1. The number of pyridine rings is 1. The van der Waals surface area contributed by atoms with Gasteiger partial charge in [-0.1, -0.05) is 12.8 Å². The molecule has 2 fully saturated rings. The fourth-order valence-corrected chi connectivity index (χ4v) is 3.96. The van der Waals surface area contributed by atoms with Gasteiger partial charge in [0.2, 0.25) is 11.8 Å². The Balaban J connectivity index is 1.55. The smallest absolute Gasteiger partial charge is 0.245 e. The zero-order valence-corrected chi connectivity index (χ0v) is 15.0. The van der Waals surface area contributed by atoms with Gasteiger partial charge < -0.3 is 10.2 Å². The van der Waals surface area contributed by atoms with Gasteiger partial charge in [0.15, 0.2) is 0 Å². The van der Waals surface area contributed by atoms with E-state index in [-0.39, 0.29) is 17.9 Å². The van der Waals surface area contributed by atoms with Crippen molar-refractivity contribution in [1.82, 2.24) is 20.1 Å². The Morgan fingerprint density at radius 3 is 2.40 bits per heavy atom. The molecule has 2 aliphatic rings. The number of hydrogen-bond acceptors (Lipinski definition) is 4. The Bertz CT molecular complexity index is 578. The topological polar surface area (TPSA) is 65.5 Å². The van der Waals surface area contributed by atoms with Gasteiger partial charge in [-0.2, -0.15) is 0 Å².